The number of sulfonamides is 1. The van der Waals surface area contributed by atoms with E-state index in [0.29, 0.717) is 27.6 Å². The van der Waals surface area contributed by atoms with Gasteiger partial charge in [-0.2, -0.15) is 0 Å². The number of hydrogen-bond donors (Lipinski definition) is 2. The van der Waals surface area contributed by atoms with Gasteiger partial charge in [-0.25, -0.2) is 13.1 Å². The molecule has 0 bridgehead atoms. The van der Waals surface area contributed by atoms with Crippen LogP contribution in [0.2, 0.25) is 5.02 Å². The van der Waals surface area contributed by atoms with Crippen LogP contribution < -0.4 is 10.0 Å². The minimum atomic E-state index is -3.44. The Kier molecular flexibility index (Phi) is 6.53. The number of hydrogen-bond acceptors (Lipinski definition) is 4. The van der Waals surface area contributed by atoms with Crippen molar-refractivity contribution in [3.8, 4) is 11.3 Å². The van der Waals surface area contributed by atoms with E-state index in [-0.39, 0.29) is 18.1 Å². The van der Waals surface area contributed by atoms with E-state index in [1.165, 1.54) is 6.08 Å². The highest BCUT2D eigenvalue weighted by molar-refractivity contribution is 7.88. The van der Waals surface area contributed by atoms with Crippen molar-refractivity contribution in [3.63, 3.8) is 0 Å². The molecular formula is C21H19ClN2O4S. The second kappa shape index (κ2) is 9.09. The van der Waals surface area contributed by atoms with Crippen LogP contribution >= 0.6 is 11.6 Å². The smallest absolute Gasteiger partial charge is 0.291 e. The summed E-state index contributed by atoms with van der Waals surface area (Å²) in [6, 6.07) is 17.0. The first-order valence-corrected chi connectivity index (χ1v) is 10.7. The van der Waals surface area contributed by atoms with Gasteiger partial charge in [-0.15, -0.1) is 6.58 Å². The van der Waals surface area contributed by atoms with Gasteiger partial charge in [-0.05, 0) is 42.0 Å². The maximum atomic E-state index is 12.4. The number of carbonyl (C=O) groups excluding carboxylic acids is 1. The summed E-state index contributed by atoms with van der Waals surface area (Å²) < 4.78 is 31.8. The average molecular weight is 431 g/mol. The molecule has 0 aliphatic rings. The Balaban J connectivity index is 1.66. The summed E-state index contributed by atoms with van der Waals surface area (Å²) in [7, 11) is -3.44. The SMILES string of the molecule is C=CCNS(=O)(=O)Cc1ccc(NC(=O)c2ccc(-c3ccccc3Cl)o2)cc1. The number of nitrogens with one attached hydrogen (secondary N) is 2. The lowest BCUT2D eigenvalue weighted by Gasteiger charge is -2.07. The monoisotopic (exact) mass is 430 g/mol. The zero-order valence-electron chi connectivity index (χ0n) is 15.4. The van der Waals surface area contributed by atoms with Crippen LogP contribution in [0.3, 0.4) is 0 Å². The number of rotatable bonds is 8. The maximum absolute atomic E-state index is 12.4. The van der Waals surface area contributed by atoms with Crippen molar-refractivity contribution in [2.75, 3.05) is 11.9 Å². The van der Waals surface area contributed by atoms with Gasteiger partial charge in [0.15, 0.2) is 5.76 Å². The molecule has 0 radical (unpaired) electrons. The zero-order valence-corrected chi connectivity index (χ0v) is 17.0. The maximum Gasteiger partial charge on any atom is 0.291 e. The van der Waals surface area contributed by atoms with Crippen molar-refractivity contribution in [1.29, 1.82) is 0 Å². The van der Waals surface area contributed by atoms with Crippen LogP contribution in [-0.2, 0) is 15.8 Å². The van der Waals surface area contributed by atoms with E-state index in [1.54, 1.807) is 48.5 Å². The highest BCUT2D eigenvalue weighted by Gasteiger charge is 2.15. The molecule has 150 valence electrons. The lowest BCUT2D eigenvalue weighted by molar-refractivity contribution is 0.0997. The van der Waals surface area contributed by atoms with Crippen molar-refractivity contribution in [1.82, 2.24) is 4.72 Å². The molecule has 1 amide bonds. The molecule has 2 aromatic carbocycles. The third-order valence-electron chi connectivity index (χ3n) is 3.99. The van der Waals surface area contributed by atoms with E-state index in [4.69, 9.17) is 16.0 Å². The van der Waals surface area contributed by atoms with Crippen LogP contribution in [0.5, 0.6) is 0 Å². The highest BCUT2D eigenvalue weighted by atomic mass is 35.5. The number of anilines is 1. The first-order valence-electron chi connectivity index (χ1n) is 8.71. The van der Waals surface area contributed by atoms with E-state index < -0.39 is 15.9 Å². The molecule has 3 aromatic rings. The quantitative estimate of drug-likeness (QED) is 0.516. The van der Waals surface area contributed by atoms with Crippen LogP contribution in [-0.4, -0.2) is 20.9 Å². The third kappa shape index (κ3) is 5.57. The molecule has 1 heterocycles. The fourth-order valence-electron chi connectivity index (χ4n) is 2.60. The summed E-state index contributed by atoms with van der Waals surface area (Å²) >= 11 is 6.15. The van der Waals surface area contributed by atoms with Crippen LogP contribution in [0, 0.1) is 0 Å². The lowest BCUT2D eigenvalue weighted by atomic mass is 10.2. The highest BCUT2D eigenvalue weighted by Crippen LogP contribution is 2.29. The van der Waals surface area contributed by atoms with Crippen LogP contribution in [0.25, 0.3) is 11.3 Å². The van der Waals surface area contributed by atoms with Crippen molar-refractivity contribution in [2.45, 2.75) is 5.75 Å². The Morgan fingerprint density at radius 2 is 1.79 bits per heavy atom. The zero-order chi connectivity index (χ0) is 20.9. The molecule has 1 aromatic heterocycles. The Hall–Kier alpha value is -2.87. The van der Waals surface area contributed by atoms with E-state index in [2.05, 4.69) is 16.6 Å². The summed E-state index contributed by atoms with van der Waals surface area (Å²) in [6.07, 6.45) is 1.47. The number of carbonyl (C=O) groups is 1. The van der Waals surface area contributed by atoms with E-state index >= 15 is 0 Å². The summed E-state index contributed by atoms with van der Waals surface area (Å²) in [4.78, 5) is 12.4. The van der Waals surface area contributed by atoms with Gasteiger partial charge >= 0.3 is 0 Å². The van der Waals surface area contributed by atoms with Crippen molar-refractivity contribution < 1.29 is 17.6 Å². The van der Waals surface area contributed by atoms with Crippen molar-refractivity contribution in [2.24, 2.45) is 0 Å². The van der Waals surface area contributed by atoms with Gasteiger partial charge in [0.25, 0.3) is 5.91 Å². The van der Waals surface area contributed by atoms with Crippen molar-refractivity contribution >= 4 is 33.2 Å². The number of amides is 1. The molecule has 3 rings (SSSR count). The van der Waals surface area contributed by atoms with Gasteiger partial charge in [0.1, 0.15) is 5.76 Å². The van der Waals surface area contributed by atoms with Gasteiger partial charge in [-0.3, -0.25) is 4.79 Å². The summed E-state index contributed by atoms with van der Waals surface area (Å²) in [5, 5.41) is 3.25. The molecule has 0 spiro atoms. The van der Waals surface area contributed by atoms with Crippen LogP contribution in [0.1, 0.15) is 16.1 Å². The number of furan rings is 1. The fourth-order valence-corrected chi connectivity index (χ4v) is 3.93. The number of halogens is 1. The third-order valence-corrected chi connectivity index (χ3v) is 5.63. The predicted molar refractivity (Wildman–Crippen MR) is 114 cm³/mol. The molecule has 2 N–H and O–H groups in total. The lowest BCUT2D eigenvalue weighted by Crippen LogP contribution is -2.25. The standard InChI is InChI=1S/C21H19ClN2O4S/c1-2-13-23-29(26,27)14-15-7-9-16(10-8-15)24-21(25)20-12-11-19(28-20)17-5-3-4-6-18(17)22/h2-12,23H,1,13-14H2,(H,24,25). The predicted octanol–water partition coefficient (Wildman–Crippen LogP) is 4.46. The summed E-state index contributed by atoms with van der Waals surface area (Å²) in [5.74, 6) is 0.0545. The van der Waals surface area contributed by atoms with Crippen molar-refractivity contribution in [3.05, 3.63) is 89.7 Å². The van der Waals surface area contributed by atoms with Gasteiger partial charge in [0.05, 0.1) is 10.8 Å². The Bertz CT molecular complexity index is 1120. The molecule has 6 nitrogen and oxygen atoms in total. The normalized spacial score (nSPS) is 11.2. The first kappa shape index (κ1) is 20.9. The molecule has 29 heavy (non-hydrogen) atoms. The second-order valence-electron chi connectivity index (χ2n) is 6.19. The minimum Gasteiger partial charge on any atom is -0.451 e. The van der Waals surface area contributed by atoms with Crippen LogP contribution in [0.4, 0.5) is 5.69 Å². The Labute approximate surface area is 174 Å². The molecular weight excluding hydrogens is 412 g/mol. The molecule has 0 saturated carbocycles. The molecule has 8 heteroatoms. The Morgan fingerprint density at radius 1 is 1.07 bits per heavy atom. The molecule has 0 unspecified atom stereocenters. The van der Waals surface area contributed by atoms with Crippen LogP contribution in [0.15, 0.2) is 77.7 Å². The second-order valence-corrected chi connectivity index (χ2v) is 8.41. The molecule has 0 atom stereocenters. The van der Waals surface area contributed by atoms with Gasteiger partial charge in [-0.1, -0.05) is 41.9 Å². The molecule has 0 saturated heterocycles. The number of benzene rings is 2. The van der Waals surface area contributed by atoms with E-state index in [0.717, 1.165) is 0 Å². The van der Waals surface area contributed by atoms with E-state index in [9.17, 15) is 13.2 Å². The minimum absolute atomic E-state index is 0.139. The summed E-state index contributed by atoms with van der Waals surface area (Å²) in [5.41, 5.74) is 1.81. The van der Waals surface area contributed by atoms with Gasteiger partial charge in [0, 0.05) is 17.8 Å². The first-order chi connectivity index (χ1) is 13.9. The largest absolute Gasteiger partial charge is 0.451 e. The molecule has 0 fully saturated rings. The Morgan fingerprint density at radius 3 is 2.48 bits per heavy atom. The van der Waals surface area contributed by atoms with E-state index in [1.807, 2.05) is 12.1 Å². The fraction of sp³-hybridized carbons (Fsp3) is 0.0952. The average Bonchev–Trinajstić information content (AvgIpc) is 3.18. The molecule has 0 aliphatic heterocycles. The summed E-state index contributed by atoms with van der Waals surface area (Å²) in [6.45, 7) is 3.65. The van der Waals surface area contributed by atoms with Gasteiger partial charge < -0.3 is 9.73 Å². The topological polar surface area (TPSA) is 88.4 Å². The van der Waals surface area contributed by atoms with Gasteiger partial charge in [0.2, 0.25) is 10.0 Å². The molecule has 0 aliphatic carbocycles.